The highest BCUT2D eigenvalue weighted by atomic mass is 16.5. The van der Waals surface area contributed by atoms with E-state index in [2.05, 4.69) is 10.4 Å². The minimum Gasteiger partial charge on any atom is -0.450 e. The van der Waals surface area contributed by atoms with Crippen LogP contribution in [0.5, 0.6) is 0 Å². The molecule has 1 heterocycles. The van der Waals surface area contributed by atoms with E-state index < -0.39 is 12.0 Å². The molecule has 0 aliphatic carbocycles. The number of anilines is 1. The molecular formula is C22H22N4O4. The first-order valence-electron chi connectivity index (χ1n) is 9.43. The van der Waals surface area contributed by atoms with Crippen LogP contribution in [0.1, 0.15) is 18.1 Å². The van der Waals surface area contributed by atoms with Crippen LogP contribution in [0.3, 0.4) is 0 Å². The van der Waals surface area contributed by atoms with Crippen molar-refractivity contribution in [2.45, 2.75) is 19.9 Å². The molecule has 0 aliphatic rings. The minimum absolute atomic E-state index is 0.170. The van der Waals surface area contributed by atoms with Gasteiger partial charge in [-0.15, -0.1) is 0 Å². The number of amides is 2. The number of hydrogen-bond acceptors (Lipinski definition) is 5. The van der Waals surface area contributed by atoms with E-state index >= 15 is 0 Å². The van der Waals surface area contributed by atoms with Crippen molar-refractivity contribution in [1.82, 2.24) is 9.78 Å². The molecule has 0 saturated heterocycles. The Bertz CT molecular complexity index is 1110. The van der Waals surface area contributed by atoms with Gasteiger partial charge >= 0.3 is 6.09 Å². The molecule has 0 saturated carbocycles. The fourth-order valence-electron chi connectivity index (χ4n) is 2.92. The average molecular weight is 406 g/mol. The van der Waals surface area contributed by atoms with E-state index in [0.29, 0.717) is 11.4 Å². The summed E-state index contributed by atoms with van der Waals surface area (Å²) in [5.74, 6) is -0.394. The molecule has 0 atom stereocenters. The topological polar surface area (TPSA) is 116 Å². The predicted octanol–water partition coefficient (Wildman–Crippen LogP) is 2.55. The third kappa shape index (κ3) is 5.54. The maximum absolute atomic E-state index is 12.3. The Morgan fingerprint density at radius 2 is 1.83 bits per heavy atom. The van der Waals surface area contributed by atoms with Gasteiger partial charge in [-0.05, 0) is 36.2 Å². The summed E-state index contributed by atoms with van der Waals surface area (Å²) >= 11 is 0. The van der Waals surface area contributed by atoms with Crippen molar-refractivity contribution in [1.29, 1.82) is 0 Å². The molecule has 3 rings (SSSR count). The van der Waals surface area contributed by atoms with Gasteiger partial charge in [0.2, 0.25) is 5.91 Å². The van der Waals surface area contributed by atoms with E-state index in [1.165, 1.54) is 10.7 Å². The number of benzene rings is 2. The smallest absolute Gasteiger partial charge is 0.411 e. The van der Waals surface area contributed by atoms with Gasteiger partial charge in [0.1, 0.15) is 0 Å². The fourth-order valence-corrected chi connectivity index (χ4v) is 2.92. The number of nitrogens with one attached hydrogen (secondary N) is 1. The summed E-state index contributed by atoms with van der Waals surface area (Å²) in [5, 5.41) is 7.09. The lowest BCUT2D eigenvalue weighted by molar-refractivity contribution is -0.117. The number of rotatable bonds is 7. The molecule has 2 amide bonds. The molecule has 3 aromatic rings. The van der Waals surface area contributed by atoms with Crippen LogP contribution in [0.2, 0.25) is 0 Å². The third-order valence-electron chi connectivity index (χ3n) is 4.28. The minimum atomic E-state index is -0.535. The van der Waals surface area contributed by atoms with Crippen molar-refractivity contribution in [3.05, 3.63) is 82.1 Å². The first-order chi connectivity index (χ1) is 14.4. The van der Waals surface area contributed by atoms with E-state index in [9.17, 15) is 14.4 Å². The number of hydrogen-bond donors (Lipinski definition) is 2. The Labute approximate surface area is 173 Å². The van der Waals surface area contributed by atoms with Crippen LogP contribution in [-0.4, -0.2) is 28.4 Å². The molecule has 30 heavy (non-hydrogen) atoms. The second-order valence-electron chi connectivity index (χ2n) is 6.60. The van der Waals surface area contributed by atoms with Gasteiger partial charge in [0.15, 0.2) is 0 Å². The highest BCUT2D eigenvalue weighted by Gasteiger charge is 2.07. The summed E-state index contributed by atoms with van der Waals surface area (Å²) in [5.41, 5.74) is 8.59. The number of carbonyl (C=O) groups excluding carboxylic acids is 2. The van der Waals surface area contributed by atoms with Crippen molar-refractivity contribution in [3.8, 4) is 11.3 Å². The Balaban J connectivity index is 1.80. The third-order valence-corrected chi connectivity index (χ3v) is 4.28. The number of nitrogens with two attached hydrogens (primary N) is 1. The first kappa shape index (κ1) is 20.8. The Hall–Kier alpha value is -3.94. The Morgan fingerprint density at radius 3 is 2.53 bits per heavy atom. The summed E-state index contributed by atoms with van der Waals surface area (Å²) in [6.45, 7) is 2.25. The van der Waals surface area contributed by atoms with Crippen LogP contribution in [0.4, 0.5) is 10.5 Å². The molecule has 0 unspecified atom stereocenters. The van der Waals surface area contributed by atoms with Gasteiger partial charge in [0, 0.05) is 17.3 Å². The average Bonchev–Trinajstić information content (AvgIpc) is 2.70. The number of carbonyl (C=O) groups is 2. The molecule has 8 nitrogen and oxygen atoms in total. The molecule has 0 aliphatic heterocycles. The molecule has 0 spiro atoms. The molecule has 0 bridgehead atoms. The lowest BCUT2D eigenvalue weighted by Crippen LogP contribution is -2.23. The number of nitrogens with zero attached hydrogens (tertiary/aromatic N) is 2. The molecule has 2 aromatic carbocycles. The van der Waals surface area contributed by atoms with Crippen molar-refractivity contribution in [3.63, 3.8) is 0 Å². The SMILES string of the molecule is CCOC(=O)Nc1cccc(Cn2nc(-c3ccc(CC(N)=O)cc3)ccc2=O)c1. The van der Waals surface area contributed by atoms with Gasteiger partial charge in [-0.1, -0.05) is 36.4 Å². The van der Waals surface area contributed by atoms with Gasteiger partial charge in [-0.25, -0.2) is 9.48 Å². The summed E-state index contributed by atoms with van der Waals surface area (Å²) < 4.78 is 6.23. The summed E-state index contributed by atoms with van der Waals surface area (Å²) in [6, 6.07) is 17.5. The standard InChI is InChI=1S/C22H22N4O4/c1-2-30-22(29)24-18-5-3-4-16(12-18)14-26-21(28)11-10-19(25-26)17-8-6-15(7-9-17)13-20(23)27/h3-12H,2,13-14H2,1H3,(H2,23,27)(H,24,29). The van der Waals surface area contributed by atoms with Crippen LogP contribution < -0.4 is 16.6 Å². The molecule has 1 aromatic heterocycles. The van der Waals surface area contributed by atoms with Gasteiger partial charge in [-0.2, -0.15) is 5.10 Å². The normalized spacial score (nSPS) is 10.4. The number of primary amides is 1. The molecule has 3 N–H and O–H groups in total. The van der Waals surface area contributed by atoms with Crippen LogP contribution in [0, 0.1) is 0 Å². The van der Waals surface area contributed by atoms with Gasteiger partial charge < -0.3 is 10.5 Å². The Morgan fingerprint density at radius 1 is 1.07 bits per heavy atom. The van der Waals surface area contributed by atoms with E-state index in [-0.39, 0.29) is 25.1 Å². The van der Waals surface area contributed by atoms with Crippen LogP contribution in [0.25, 0.3) is 11.3 Å². The van der Waals surface area contributed by atoms with E-state index in [1.807, 2.05) is 30.3 Å². The Kier molecular flexibility index (Phi) is 6.59. The summed E-state index contributed by atoms with van der Waals surface area (Å²) in [4.78, 5) is 34.9. The van der Waals surface area contributed by atoms with Crippen LogP contribution in [-0.2, 0) is 22.5 Å². The number of aromatic nitrogens is 2. The van der Waals surface area contributed by atoms with Gasteiger partial charge in [0.25, 0.3) is 5.56 Å². The quantitative estimate of drug-likeness (QED) is 0.625. The molecule has 0 radical (unpaired) electrons. The summed E-state index contributed by atoms with van der Waals surface area (Å²) in [7, 11) is 0. The monoisotopic (exact) mass is 406 g/mol. The van der Waals surface area contributed by atoms with Crippen LogP contribution in [0.15, 0.2) is 65.5 Å². The van der Waals surface area contributed by atoms with E-state index in [0.717, 1.165) is 16.7 Å². The van der Waals surface area contributed by atoms with Crippen molar-refractivity contribution < 1.29 is 14.3 Å². The second-order valence-corrected chi connectivity index (χ2v) is 6.60. The molecule has 0 fully saturated rings. The second kappa shape index (κ2) is 9.51. The highest BCUT2D eigenvalue weighted by molar-refractivity contribution is 5.84. The molecule has 8 heteroatoms. The van der Waals surface area contributed by atoms with E-state index in [1.54, 1.807) is 31.2 Å². The number of ether oxygens (including phenoxy) is 1. The lowest BCUT2D eigenvalue weighted by atomic mass is 10.1. The van der Waals surface area contributed by atoms with Crippen molar-refractivity contribution in [2.75, 3.05) is 11.9 Å². The largest absolute Gasteiger partial charge is 0.450 e. The van der Waals surface area contributed by atoms with Gasteiger partial charge in [-0.3, -0.25) is 14.9 Å². The van der Waals surface area contributed by atoms with Crippen molar-refractivity contribution >= 4 is 17.7 Å². The summed E-state index contributed by atoms with van der Waals surface area (Å²) in [6.07, 6.45) is -0.365. The molecule has 154 valence electrons. The van der Waals surface area contributed by atoms with E-state index in [4.69, 9.17) is 10.5 Å². The lowest BCUT2D eigenvalue weighted by Gasteiger charge is -2.10. The fraction of sp³-hybridized carbons (Fsp3) is 0.182. The first-order valence-corrected chi connectivity index (χ1v) is 9.43. The zero-order valence-electron chi connectivity index (χ0n) is 16.5. The van der Waals surface area contributed by atoms with Crippen LogP contribution >= 0.6 is 0 Å². The highest BCUT2D eigenvalue weighted by Crippen LogP contribution is 2.17. The molecular weight excluding hydrogens is 384 g/mol. The van der Waals surface area contributed by atoms with Crippen molar-refractivity contribution in [2.24, 2.45) is 5.73 Å². The predicted molar refractivity (Wildman–Crippen MR) is 113 cm³/mol. The zero-order valence-corrected chi connectivity index (χ0v) is 16.5. The zero-order chi connectivity index (χ0) is 21.5. The maximum atomic E-state index is 12.3. The maximum Gasteiger partial charge on any atom is 0.411 e. The van der Waals surface area contributed by atoms with Gasteiger partial charge in [0.05, 0.1) is 25.3 Å².